The van der Waals surface area contributed by atoms with Gasteiger partial charge in [-0.2, -0.15) is 0 Å². The second kappa shape index (κ2) is 9.33. The van der Waals surface area contributed by atoms with Crippen LogP contribution in [0.3, 0.4) is 0 Å². The van der Waals surface area contributed by atoms with E-state index in [0.717, 1.165) is 17.3 Å². The number of benzene rings is 2. The number of carbonyl (C=O) groups is 2. The monoisotopic (exact) mass is 413 g/mol. The maximum Gasteiger partial charge on any atom is 0.321 e. The second-order valence-corrected chi connectivity index (χ2v) is 7.51. The van der Waals surface area contributed by atoms with Crippen molar-refractivity contribution in [2.24, 2.45) is 0 Å². The van der Waals surface area contributed by atoms with E-state index in [-0.39, 0.29) is 5.82 Å². The molecule has 7 nitrogen and oxygen atoms in total. The molecule has 2 N–H and O–H groups in total. The number of nitrogens with zero attached hydrogens (tertiary/aromatic N) is 3. The van der Waals surface area contributed by atoms with Crippen LogP contribution in [0, 0.1) is 5.82 Å². The molecule has 0 unspecified atom stereocenters. The molecular formula is C20H20FN5O2S. The molecule has 0 saturated carbocycles. The van der Waals surface area contributed by atoms with Crippen molar-refractivity contribution in [2.75, 3.05) is 7.05 Å². The number of imide groups is 1. The fourth-order valence-electron chi connectivity index (χ4n) is 2.61. The first-order valence-corrected chi connectivity index (χ1v) is 9.79. The molecule has 0 saturated heterocycles. The molecule has 1 aromatic heterocycles. The van der Waals surface area contributed by atoms with Crippen molar-refractivity contribution in [1.29, 1.82) is 0 Å². The number of carbonyl (C=O) groups excluding carboxylic acids is 2. The van der Waals surface area contributed by atoms with Gasteiger partial charge < -0.3 is 5.32 Å². The smallest absolute Gasteiger partial charge is 0.321 e. The number of hydrogen-bond acceptors (Lipinski definition) is 5. The highest BCUT2D eigenvalue weighted by atomic mass is 32.2. The Labute approximate surface area is 171 Å². The van der Waals surface area contributed by atoms with Gasteiger partial charge in [-0.1, -0.05) is 42.1 Å². The molecule has 3 aromatic rings. The predicted octanol–water partition coefficient (Wildman–Crippen LogP) is 2.93. The minimum Gasteiger partial charge on any atom is -0.341 e. The molecule has 0 aliphatic rings. The Morgan fingerprint density at radius 3 is 2.45 bits per heavy atom. The van der Waals surface area contributed by atoms with E-state index in [4.69, 9.17) is 0 Å². The predicted molar refractivity (Wildman–Crippen MR) is 108 cm³/mol. The Balaban J connectivity index is 1.91. The standard InChI is InChI=1S/C20H20FN5O2S/c1-13(18(27)23-19(28)22-2)29-20-25-24-17(12-14-6-4-3-5-7-14)26(20)16-10-8-15(21)9-11-16/h3-11,13H,12H2,1-2H3,(H2,22,23,27,28)/t13-/m0/s1. The van der Waals surface area contributed by atoms with Crippen molar-refractivity contribution in [2.45, 2.75) is 23.8 Å². The van der Waals surface area contributed by atoms with E-state index in [1.54, 1.807) is 23.6 Å². The molecule has 9 heteroatoms. The molecule has 0 radical (unpaired) electrons. The number of hydrogen-bond donors (Lipinski definition) is 2. The van der Waals surface area contributed by atoms with E-state index in [2.05, 4.69) is 20.8 Å². The first-order chi connectivity index (χ1) is 14.0. The minimum absolute atomic E-state index is 0.348. The van der Waals surface area contributed by atoms with E-state index in [1.165, 1.54) is 19.2 Å². The molecule has 150 valence electrons. The zero-order chi connectivity index (χ0) is 20.8. The van der Waals surface area contributed by atoms with Gasteiger partial charge in [-0.15, -0.1) is 10.2 Å². The molecule has 0 spiro atoms. The topological polar surface area (TPSA) is 88.9 Å². The van der Waals surface area contributed by atoms with Gasteiger partial charge in [0.15, 0.2) is 5.16 Å². The lowest BCUT2D eigenvalue weighted by atomic mass is 10.1. The van der Waals surface area contributed by atoms with Crippen LogP contribution in [0.15, 0.2) is 59.8 Å². The zero-order valence-corrected chi connectivity index (χ0v) is 16.7. The minimum atomic E-state index is -0.597. The van der Waals surface area contributed by atoms with Crippen molar-refractivity contribution >= 4 is 23.7 Å². The molecule has 0 fully saturated rings. The normalized spacial score (nSPS) is 11.7. The molecular weight excluding hydrogens is 393 g/mol. The highest BCUT2D eigenvalue weighted by molar-refractivity contribution is 8.00. The number of amides is 3. The molecule has 3 amide bonds. The van der Waals surface area contributed by atoms with Crippen LogP contribution >= 0.6 is 11.8 Å². The van der Waals surface area contributed by atoms with Gasteiger partial charge in [-0.05, 0) is 36.8 Å². The fraction of sp³-hybridized carbons (Fsp3) is 0.200. The van der Waals surface area contributed by atoms with Crippen LogP contribution in [0.2, 0.25) is 0 Å². The van der Waals surface area contributed by atoms with Gasteiger partial charge in [-0.25, -0.2) is 9.18 Å². The first-order valence-electron chi connectivity index (χ1n) is 8.91. The van der Waals surface area contributed by atoms with Crippen LogP contribution in [-0.2, 0) is 11.2 Å². The highest BCUT2D eigenvalue weighted by Crippen LogP contribution is 2.27. The SMILES string of the molecule is CNC(=O)NC(=O)[C@H](C)Sc1nnc(Cc2ccccc2)n1-c1ccc(F)cc1. The summed E-state index contributed by atoms with van der Waals surface area (Å²) in [6.45, 7) is 1.67. The number of nitrogens with one attached hydrogen (secondary N) is 2. The van der Waals surface area contributed by atoms with Gasteiger partial charge in [0.1, 0.15) is 11.6 Å². The van der Waals surface area contributed by atoms with Crippen molar-refractivity contribution in [3.63, 3.8) is 0 Å². The summed E-state index contributed by atoms with van der Waals surface area (Å²) in [6.07, 6.45) is 0.518. The lowest BCUT2D eigenvalue weighted by Gasteiger charge is -2.13. The van der Waals surface area contributed by atoms with E-state index >= 15 is 0 Å². The van der Waals surface area contributed by atoms with Crippen LogP contribution in [0.5, 0.6) is 0 Å². The van der Waals surface area contributed by atoms with Crippen LogP contribution in [0.25, 0.3) is 5.69 Å². The molecule has 2 aromatic carbocycles. The summed E-state index contributed by atoms with van der Waals surface area (Å²) in [4.78, 5) is 23.6. The van der Waals surface area contributed by atoms with Gasteiger partial charge >= 0.3 is 6.03 Å². The molecule has 1 heterocycles. The Kier molecular flexibility index (Phi) is 6.61. The van der Waals surface area contributed by atoms with E-state index in [0.29, 0.717) is 23.1 Å². The Morgan fingerprint density at radius 1 is 1.10 bits per heavy atom. The average molecular weight is 413 g/mol. The maximum absolute atomic E-state index is 13.4. The number of aromatic nitrogens is 3. The van der Waals surface area contributed by atoms with E-state index in [1.807, 2.05) is 30.3 Å². The second-order valence-electron chi connectivity index (χ2n) is 6.20. The molecule has 29 heavy (non-hydrogen) atoms. The number of urea groups is 1. The average Bonchev–Trinajstić information content (AvgIpc) is 3.11. The zero-order valence-electron chi connectivity index (χ0n) is 15.9. The molecule has 3 rings (SSSR count). The summed E-state index contributed by atoms with van der Waals surface area (Å²) in [5, 5.41) is 13.0. The van der Waals surface area contributed by atoms with Crippen molar-refractivity contribution in [3.8, 4) is 5.69 Å². The summed E-state index contributed by atoms with van der Waals surface area (Å²) < 4.78 is 15.2. The summed E-state index contributed by atoms with van der Waals surface area (Å²) in [5.74, 6) is -0.143. The van der Waals surface area contributed by atoms with Gasteiger partial charge in [0.2, 0.25) is 5.91 Å². The lowest BCUT2D eigenvalue weighted by Crippen LogP contribution is -2.41. The number of halogens is 1. The molecule has 0 bridgehead atoms. The summed E-state index contributed by atoms with van der Waals surface area (Å²) in [6, 6.07) is 15.2. The fourth-order valence-corrected chi connectivity index (χ4v) is 3.49. The quantitative estimate of drug-likeness (QED) is 0.607. The Bertz CT molecular complexity index is 992. The van der Waals surface area contributed by atoms with Gasteiger partial charge in [-0.3, -0.25) is 14.7 Å². The number of thioether (sulfide) groups is 1. The Hall–Kier alpha value is -3.20. The maximum atomic E-state index is 13.4. The van der Waals surface area contributed by atoms with Gasteiger partial charge in [0, 0.05) is 19.2 Å². The summed E-state index contributed by atoms with van der Waals surface area (Å²) in [7, 11) is 1.43. The van der Waals surface area contributed by atoms with E-state index < -0.39 is 17.2 Å². The highest BCUT2D eigenvalue weighted by Gasteiger charge is 2.22. The van der Waals surface area contributed by atoms with Crippen LogP contribution in [0.4, 0.5) is 9.18 Å². The Morgan fingerprint density at radius 2 is 1.79 bits per heavy atom. The van der Waals surface area contributed by atoms with Crippen LogP contribution in [-0.4, -0.2) is 39.0 Å². The van der Waals surface area contributed by atoms with Crippen LogP contribution in [0.1, 0.15) is 18.3 Å². The summed E-state index contributed by atoms with van der Waals surface area (Å²) in [5.41, 5.74) is 1.73. The third-order valence-electron chi connectivity index (χ3n) is 4.11. The third kappa shape index (κ3) is 5.20. The molecule has 0 aliphatic heterocycles. The summed E-state index contributed by atoms with van der Waals surface area (Å²) >= 11 is 1.16. The largest absolute Gasteiger partial charge is 0.341 e. The van der Waals surface area contributed by atoms with Crippen molar-refractivity contribution in [1.82, 2.24) is 25.4 Å². The van der Waals surface area contributed by atoms with Gasteiger partial charge in [0.25, 0.3) is 0 Å². The first kappa shape index (κ1) is 20.5. The van der Waals surface area contributed by atoms with Gasteiger partial charge in [0.05, 0.1) is 5.25 Å². The number of rotatable bonds is 6. The van der Waals surface area contributed by atoms with E-state index in [9.17, 15) is 14.0 Å². The lowest BCUT2D eigenvalue weighted by molar-refractivity contribution is -0.119. The molecule has 1 atom stereocenters. The van der Waals surface area contributed by atoms with Crippen molar-refractivity contribution < 1.29 is 14.0 Å². The third-order valence-corrected chi connectivity index (χ3v) is 5.15. The van der Waals surface area contributed by atoms with Crippen LogP contribution < -0.4 is 10.6 Å². The molecule has 0 aliphatic carbocycles. The van der Waals surface area contributed by atoms with Crippen molar-refractivity contribution in [3.05, 3.63) is 71.8 Å².